The molecule has 0 spiro atoms. The van der Waals surface area contributed by atoms with Crippen molar-refractivity contribution in [1.82, 2.24) is 14.8 Å². The van der Waals surface area contributed by atoms with Gasteiger partial charge in [-0.15, -0.1) is 5.10 Å². The molecule has 0 amide bonds. The molecule has 4 nitrogen and oxygen atoms in total. The topological polar surface area (TPSA) is 42.7 Å². The van der Waals surface area contributed by atoms with Crippen molar-refractivity contribution in [3.63, 3.8) is 0 Å². The van der Waals surface area contributed by atoms with Crippen LogP contribution in [0.4, 0.5) is 5.95 Å². The van der Waals surface area contributed by atoms with Crippen LogP contribution in [0.5, 0.6) is 0 Å². The molecule has 1 aromatic heterocycles. The highest BCUT2D eigenvalue weighted by Crippen LogP contribution is 2.35. The molecule has 0 fully saturated rings. The summed E-state index contributed by atoms with van der Waals surface area (Å²) in [5.41, 5.74) is 6.69. The van der Waals surface area contributed by atoms with Crippen molar-refractivity contribution in [2.75, 3.05) is 5.32 Å². The first-order chi connectivity index (χ1) is 14.6. The highest BCUT2D eigenvalue weighted by atomic mass is 35.5. The third kappa shape index (κ3) is 3.40. The summed E-state index contributed by atoms with van der Waals surface area (Å²) in [6, 6.07) is 24.5. The van der Waals surface area contributed by atoms with Crippen LogP contribution in [0.1, 0.15) is 28.3 Å². The van der Waals surface area contributed by atoms with Crippen molar-refractivity contribution in [1.29, 1.82) is 0 Å². The lowest BCUT2D eigenvalue weighted by molar-refractivity contribution is 0.611. The minimum atomic E-state index is -0.0557. The molecule has 2 heterocycles. The molecule has 5 rings (SSSR count). The van der Waals surface area contributed by atoms with Crippen LogP contribution in [0.2, 0.25) is 5.02 Å². The molecule has 3 aromatic carbocycles. The number of hydrogen-bond donors (Lipinski definition) is 1. The molecular weight excluding hydrogens is 392 g/mol. The highest BCUT2D eigenvalue weighted by molar-refractivity contribution is 6.30. The second-order valence-electron chi connectivity index (χ2n) is 7.58. The number of aromatic nitrogens is 3. The zero-order valence-electron chi connectivity index (χ0n) is 16.8. The molecule has 0 saturated carbocycles. The second-order valence-corrected chi connectivity index (χ2v) is 8.02. The van der Waals surface area contributed by atoms with Gasteiger partial charge in [-0.2, -0.15) is 4.98 Å². The fourth-order valence-corrected chi connectivity index (χ4v) is 3.88. The van der Waals surface area contributed by atoms with Gasteiger partial charge in [-0.1, -0.05) is 77.8 Å². The predicted molar refractivity (Wildman–Crippen MR) is 123 cm³/mol. The maximum Gasteiger partial charge on any atom is 0.227 e. The molecule has 0 bridgehead atoms. The van der Waals surface area contributed by atoms with Crippen molar-refractivity contribution in [3.8, 4) is 11.4 Å². The second kappa shape index (κ2) is 7.47. The fourth-order valence-electron chi connectivity index (χ4n) is 3.76. The molecule has 30 heavy (non-hydrogen) atoms. The largest absolute Gasteiger partial charge is 0.324 e. The minimum Gasteiger partial charge on any atom is -0.324 e. The molecule has 1 aliphatic rings. The Bertz CT molecular complexity index is 1240. The summed E-state index contributed by atoms with van der Waals surface area (Å²) >= 11 is 6.09. The van der Waals surface area contributed by atoms with Crippen molar-refractivity contribution in [3.05, 3.63) is 106 Å². The van der Waals surface area contributed by atoms with Crippen LogP contribution < -0.4 is 5.32 Å². The molecule has 4 aromatic rings. The first kappa shape index (κ1) is 18.6. The Balaban J connectivity index is 1.64. The van der Waals surface area contributed by atoms with Gasteiger partial charge in [0, 0.05) is 16.3 Å². The minimum absolute atomic E-state index is 0.0557. The average Bonchev–Trinajstić information content (AvgIpc) is 3.19. The van der Waals surface area contributed by atoms with Gasteiger partial charge in [0.15, 0.2) is 5.82 Å². The first-order valence-corrected chi connectivity index (χ1v) is 10.3. The number of nitrogens with one attached hydrogen (secondary N) is 1. The normalized spacial score (nSPS) is 15.3. The van der Waals surface area contributed by atoms with E-state index in [4.69, 9.17) is 21.7 Å². The Morgan fingerprint density at radius 2 is 1.57 bits per heavy atom. The van der Waals surface area contributed by atoms with Gasteiger partial charge in [-0.05, 0) is 48.7 Å². The van der Waals surface area contributed by atoms with E-state index in [9.17, 15) is 0 Å². The summed E-state index contributed by atoms with van der Waals surface area (Å²) in [4.78, 5) is 4.82. The Hall–Kier alpha value is -3.37. The number of allylic oxidation sites excluding steroid dienone is 1. The van der Waals surface area contributed by atoms with Gasteiger partial charge in [0.2, 0.25) is 5.95 Å². The summed E-state index contributed by atoms with van der Waals surface area (Å²) in [5, 5.41) is 9.05. The number of benzene rings is 3. The lowest BCUT2D eigenvalue weighted by Crippen LogP contribution is -2.20. The molecule has 0 radical (unpaired) electrons. The number of hydrogen-bond acceptors (Lipinski definition) is 3. The molecule has 0 saturated heterocycles. The van der Waals surface area contributed by atoms with E-state index in [-0.39, 0.29) is 6.04 Å². The number of fused-ring (bicyclic) bond motifs is 1. The lowest BCUT2D eigenvalue weighted by atomic mass is 9.98. The van der Waals surface area contributed by atoms with E-state index in [1.807, 2.05) is 28.9 Å². The predicted octanol–water partition coefficient (Wildman–Crippen LogP) is 6.27. The maximum absolute atomic E-state index is 6.09. The Morgan fingerprint density at radius 1 is 0.867 bits per heavy atom. The van der Waals surface area contributed by atoms with Crippen LogP contribution in [-0.2, 0) is 0 Å². The Labute approximate surface area is 180 Å². The zero-order valence-corrected chi connectivity index (χ0v) is 17.6. The third-order valence-corrected chi connectivity index (χ3v) is 5.69. The number of rotatable bonds is 3. The van der Waals surface area contributed by atoms with Gasteiger partial charge in [-0.25, -0.2) is 4.68 Å². The zero-order chi connectivity index (χ0) is 20.7. The molecular formula is C25H21ClN4. The standard InChI is InChI=1S/C25H21ClN4/c1-16-7-9-19(10-8-16)24-28-25-27-22(18-11-13-20(26)14-12-18)15-23(30(25)29-24)21-6-4-3-5-17(21)2/h3-15,23H,1-2H3,(H,27,28,29)/t23-/m0/s1. The maximum atomic E-state index is 6.09. The van der Waals surface area contributed by atoms with E-state index in [1.54, 1.807) is 0 Å². The van der Waals surface area contributed by atoms with Crippen LogP contribution in [0, 0.1) is 13.8 Å². The molecule has 0 aliphatic carbocycles. The van der Waals surface area contributed by atoms with E-state index in [0.717, 1.165) is 27.8 Å². The number of aryl methyl sites for hydroxylation is 2. The number of anilines is 1. The molecule has 1 aliphatic heterocycles. The van der Waals surface area contributed by atoms with Crippen molar-refractivity contribution >= 4 is 23.2 Å². The summed E-state index contributed by atoms with van der Waals surface area (Å²) < 4.78 is 1.97. The van der Waals surface area contributed by atoms with E-state index in [2.05, 4.69) is 73.8 Å². The fraction of sp³-hybridized carbons (Fsp3) is 0.120. The number of halogens is 1. The summed E-state index contributed by atoms with van der Waals surface area (Å²) in [6.07, 6.45) is 2.20. The summed E-state index contributed by atoms with van der Waals surface area (Å²) in [5.74, 6) is 1.44. The van der Waals surface area contributed by atoms with E-state index in [1.165, 1.54) is 16.7 Å². The van der Waals surface area contributed by atoms with E-state index in [0.29, 0.717) is 5.82 Å². The quantitative estimate of drug-likeness (QED) is 0.431. The third-order valence-electron chi connectivity index (χ3n) is 5.44. The number of nitrogens with zero attached hydrogens (tertiary/aromatic N) is 3. The van der Waals surface area contributed by atoms with Crippen molar-refractivity contribution in [2.24, 2.45) is 0 Å². The smallest absolute Gasteiger partial charge is 0.227 e. The highest BCUT2D eigenvalue weighted by Gasteiger charge is 2.26. The lowest BCUT2D eigenvalue weighted by Gasteiger charge is -2.25. The molecule has 148 valence electrons. The Kier molecular flexibility index (Phi) is 4.64. The molecule has 5 heteroatoms. The average molecular weight is 413 g/mol. The van der Waals surface area contributed by atoms with Gasteiger partial charge in [0.25, 0.3) is 0 Å². The van der Waals surface area contributed by atoms with Crippen LogP contribution in [0.15, 0.2) is 78.9 Å². The van der Waals surface area contributed by atoms with Gasteiger partial charge in [0.1, 0.15) is 6.04 Å². The van der Waals surface area contributed by atoms with Crippen LogP contribution in [0.3, 0.4) is 0 Å². The molecule has 0 unspecified atom stereocenters. The van der Waals surface area contributed by atoms with Gasteiger partial charge in [0.05, 0.1) is 0 Å². The van der Waals surface area contributed by atoms with Crippen molar-refractivity contribution in [2.45, 2.75) is 19.9 Å². The summed E-state index contributed by atoms with van der Waals surface area (Å²) in [7, 11) is 0. The Morgan fingerprint density at radius 3 is 2.30 bits per heavy atom. The first-order valence-electron chi connectivity index (χ1n) is 9.92. The summed E-state index contributed by atoms with van der Waals surface area (Å²) in [6.45, 7) is 4.21. The van der Waals surface area contributed by atoms with Gasteiger partial charge >= 0.3 is 0 Å². The van der Waals surface area contributed by atoms with E-state index < -0.39 is 0 Å². The van der Waals surface area contributed by atoms with Crippen LogP contribution in [0.25, 0.3) is 17.1 Å². The molecule has 1 N–H and O–H groups in total. The van der Waals surface area contributed by atoms with Crippen LogP contribution >= 0.6 is 11.6 Å². The van der Waals surface area contributed by atoms with Crippen molar-refractivity contribution < 1.29 is 0 Å². The van der Waals surface area contributed by atoms with Gasteiger partial charge in [-0.3, -0.25) is 0 Å². The van der Waals surface area contributed by atoms with Crippen LogP contribution in [-0.4, -0.2) is 14.8 Å². The van der Waals surface area contributed by atoms with Gasteiger partial charge < -0.3 is 5.32 Å². The molecule has 1 atom stereocenters. The SMILES string of the molecule is Cc1ccc(-c2nc3n(n2)[C@H](c2ccccc2C)C=C(c2ccc(Cl)cc2)N3)cc1. The monoisotopic (exact) mass is 412 g/mol. The van der Waals surface area contributed by atoms with E-state index >= 15 is 0 Å².